The molecule has 0 spiro atoms. The molecule has 1 saturated heterocycles. The SMILES string of the molecule is COc1ccc2[nH]c3c(=O)n(CCCCC(=O)NCCCN4CCCCC4C)c(=S)[nH]c3c2c1. The van der Waals surface area contributed by atoms with Crippen LogP contribution in [0.15, 0.2) is 23.0 Å². The average Bonchev–Trinajstić information content (AvgIpc) is 3.20. The molecule has 3 N–H and O–H groups in total. The zero-order chi connectivity index (χ0) is 24.1. The number of aromatic nitrogens is 3. The molecule has 0 aliphatic carbocycles. The fourth-order valence-electron chi connectivity index (χ4n) is 4.84. The molecule has 1 aliphatic rings. The molecule has 1 amide bonds. The number of benzene rings is 1. The second-order valence-corrected chi connectivity index (χ2v) is 9.60. The third kappa shape index (κ3) is 5.52. The van der Waals surface area contributed by atoms with Gasteiger partial charge in [0.05, 0.1) is 12.6 Å². The number of piperidine rings is 1. The number of aromatic amines is 2. The lowest BCUT2D eigenvalue weighted by molar-refractivity contribution is -0.121. The van der Waals surface area contributed by atoms with Gasteiger partial charge in [-0.15, -0.1) is 0 Å². The van der Waals surface area contributed by atoms with Crippen molar-refractivity contribution in [2.45, 2.75) is 64.5 Å². The Bertz CT molecular complexity index is 1260. The van der Waals surface area contributed by atoms with Crippen LogP contribution in [-0.4, -0.2) is 58.1 Å². The molecule has 3 heterocycles. The lowest BCUT2D eigenvalue weighted by Crippen LogP contribution is -2.39. The fourth-order valence-corrected chi connectivity index (χ4v) is 5.11. The zero-order valence-corrected chi connectivity index (χ0v) is 20.9. The predicted molar refractivity (Wildman–Crippen MR) is 138 cm³/mol. The molecule has 1 aliphatic heterocycles. The van der Waals surface area contributed by atoms with Crippen molar-refractivity contribution in [3.05, 3.63) is 33.3 Å². The van der Waals surface area contributed by atoms with Crippen LogP contribution in [0.2, 0.25) is 0 Å². The van der Waals surface area contributed by atoms with E-state index in [4.69, 9.17) is 17.0 Å². The van der Waals surface area contributed by atoms with Gasteiger partial charge in [-0.25, -0.2) is 0 Å². The molecule has 3 aromatic rings. The third-order valence-corrected chi connectivity index (χ3v) is 7.18. The molecule has 4 rings (SSSR count). The van der Waals surface area contributed by atoms with E-state index in [1.54, 1.807) is 11.7 Å². The Hall–Kier alpha value is -2.65. The van der Waals surface area contributed by atoms with Crippen molar-refractivity contribution in [3.63, 3.8) is 0 Å². The van der Waals surface area contributed by atoms with Gasteiger partial charge in [0.25, 0.3) is 5.56 Å². The Morgan fingerprint density at radius 3 is 2.82 bits per heavy atom. The molecule has 1 aromatic carbocycles. The van der Waals surface area contributed by atoms with E-state index in [2.05, 4.69) is 27.1 Å². The molecule has 34 heavy (non-hydrogen) atoms. The number of likely N-dealkylation sites (tertiary alicyclic amines) is 1. The molecule has 184 valence electrons. The van der Waals surface area contributed by atoms with Crippen LogP contribution in [0.25, 0.3) is 21.9 Å². The number of nitrogens with one attached hydrogen (secondary N) is 3. The fraction of sp³-hybridized carbons (Fsp3) is 0.560. The van der Waals surface area contributed by atoms with Gasteiger partial charge in [-0.3, -0.25) is 14.2 Å². The standard InChI is InChI=1S/C25H35N5O3S/c1-17-8-3-5-13-29(17)14-7-12-26-21(31)9-4-6-15-30-24(32)23-22(28-25(30)34)19-16-18(33-2)10-11-20(19)27-23/h10-11,16-17,27H,3-9,12-15H2,1-2H3,(H,26,31)(H,28,34). The molecule has 0 saturated carbocycles. The summed E-state index contributed by atoms with van der Waals surface area (Å²) in [6.07, 6.45) is 6.74. The lowest BCUT2D eigenvalue weighted by atomic mass is 10.0. The first-order chi connectivity index (χ1) is 16.5. The van der Waals surface area contributed by atoms with Crippen molar-refractivity contribution in [3.8, 4) is 5.75 Å². The number of methoxy groups -OCH3 is 1. The summed E-state index contributed by atoms with van der Waals surface area (Å²) in [5.41, 5.74) is 1.89. The number of nitrogens with zero attached hydrogens (tertiary/aromatic N) is 2. The van der Waals surface area contributed by atoms with Crippen molar-refractivity contribution < 1.29 is 9.53 Å². The second kappa shape index (κ2) is 11.2. The molecule has 9 heteroatoms. The second-order valence-electron chi connectivity index (χ2n) is 9.21. The van der Waals surface area contributed by atoms with Gasteiger partial charge in [0, 0.05) is 43.0 Å². The highest BCUT2D eigenvalue weighted by atomic mass is 32.1. The molecule has 1 atom stereocenters. The number of carbonyl (C=O) groups excluding carboxylic acids is 1. The monoisotopic (exact) mass is 485 g/mol. The molecular weight excluding hydrogens is 450 g/mol. The molecular formula is C25H35N5O3S. The number of unbranched alkanes of at least 4 members (excludes halogenated alkanes) is 1. The predicted octanol–water partition coefficient (Wildman–Crippen LogP) is 4.10. The summed E-state index contributed by atoms with van der Waals surface area (Å²) in [4.78, 5) is 34.2. The number of fused-ring (bicyclic) bond motifs is 3. The first-order valence-corrected chi connectivity index (χ1v) is 12.7. The number of carbonyl (C=O) groups is 1. The Labute approximate surface area is 204 Å². The summed E-state index contributed by atoms with van der Waals surface area (Å²) in [5.74, 6) is 0.792. The Kier molecular flexibility index (Phi) is 8.05. The van der Waals surface area contributed by atoms with E-state index in [0.29, 0.717) is 54.2 Å². The lowest BCUT2D eigenvalue weighted by Gasteiger charge is -2.33. The van der Waals surface area contributed by atoms with Crippen LogP contribution in [0.3, 0.4) is 0 Å². The van der Waals surface area contributed by atoms with E-state index in [1.807, 2.05) is 18.2 Å². The first kappa shape index (κ1) is 24.5. The summed E-state index contributed by atoms with van der Waals surface area (Å²) in [7, 11) is 1.61. The van der Waals surface area contributed by atoms with Gasteiger partial charge in [-0.1, -0.05) is 6.42 Å². The minimum Gasteiger partial charge on any atom is -0.497 e. The minimum atomic E-state index is -0.148. The number of amides is 1. The van der Waals surface area contributed by atoms with Gasteiger partial charge >= 0.3 is 0 Å². The first-order valence-electron chi connectivity index (χ1n) is 12.3. The average molecular weight is 486 g/mol. The molecule has 8 nitrogen and oxygen atoms in total. The summed E-state index contributed by atoms with van der Waals surface area (Å²) in [5, 5.41) is 3.90. The quantitative estimate of drug-likeness (QED) is 0.297. The Morgan fingerprint density at radius 1 is 1.18 bits per heavy atom. The molecule has 0 bridgehead atoms. The number of H-pyrrole nitrogens is 2. The van der Waals surface area contributed by atoms with Crippen LogP contribution in [0.4, 0.5) is 0 Å². The maximum atomic E-state index is 13.1. The third-order valence-electron chi connectivity index (χ3n) is 6.86. The van der Waals surface area contributed by atoms with Gasteiger partial charge in [-0.2, -0.15) is 0 Å². The molecule has 0 radical (unpaired) electrons. The van der Waals surface area contributed by atoms with Crippen molar-refractivity contribution in [2.24, 2.45) is 0 Å². The molecule has 1 unspecified atom stereocenters. The van der Waals surface area contributed by atoms with Crippen LogP contribution in [0.1, 0.15) is 51.9 Å². The maximum absolute atomic E-state index is 13.1. The maximum Gasteiger partial charge on any atom is 0.278 e. The van der Waals surface area contributed by atoms with Crippen molar-refractivity contribution in [1.29, 1.82) is 0 Å². The van der Waals surface area contributed by atoms with E-state index in [1.165, 1.54) is 25.8 Å². The Morgan fingerprint density at radius 2 is 2.03 bits per heavy atom. The van der Waals surface area contributed by atoms with Crippen molar-refractivity contribution in [1.82, 2.24) is 24.8 Å². The van der Waals surface area contributed by atoms with Crippen molar-refractivity contribution >= 4 is 40.1 Å². The number of rotatable bonds is 10. The highest BCUT2D eigenvalue weighted by molar-refractivity contribution is 7.71. The van der Waals surface area contributed by atoms with Crippen LogP contribution in [-0.2, 0) is 11.3 Å². The zero-order valence-electron chi connectivity index (χ0n) is 20.1. The normalized spacial score (nSPS) is 16.8. The topological polar surface area (TPSA) is 95.2 Å². The largest absolute Gasteiger partial charge is 0.497 e. The number of hydrogen-bond acceptors (Lipinski definition) is 5. The van der Waals surface area contributed by atoms with Crippen LogP contribution in [0, 0.1) is 4.77 Å². The van der Waals surface area contributed by atoms with Crippen LogP contribution < -0.4 is 15.6 Å². The minimum absolute atomic E-state index is 0.0733. The summed E-state index contributed by atoms with van der Waals surface area (Å²) >= 11 is 5.47. The van der Waals surface area contributed by atoms with Gasteiger partial charge in [0.1, 0.15) is 11.3 Å². The number of ether oxygens (including phenoxy) is 1. The molecule has 2 aromatic heterocycles. The van der Waals surface area contributed by atoms with Crippen molar-refractivity contribution in [2.75, 3.05) is 26.7 Å². The highest BCUT2D eigenvalue weighted by Crippen LogP contribution is 2.26. The van der Waals surface area contributed by atoms with Crippen LogP contribution >= 0.6 is 12.2 Å². The van der Waals surface area contributed by atoms with Gasteiger partial charge in [0.2, 0.25) is 5.91 Å². The number of hydrogen-bond donors (Lipinski definition) is 3. The van der Waals surface area contributed by atoms with E-state index >= 15 is 0 Å². The van der Waals surface area contributed by atoms with E-state index in [0.717, 1.165) is 29.6 Å². The molecule has 1 fully saturated rings. The van der Waals surface area contributed by atoms with E-state index < -0.39 is 0 Å². The van der Waals surface area contributed by atoms with E-state index in [-0.39, 0.29) is 11.5 Å². The summed E-state index contributed by atoms with van der Waals surface area (Å²) in [6.45, 7) is 5.71. The highest BCUT2D eigenvalue weighted by Gasteiger charge is 2.17. The van der Waals surface area contributed by atoms with Gasteiger partial charge < -0.3 is 24.9 Å². The smallest absolute Gasteiger partial charge is 0.278 e. The summed E-state index contributed by atoms with van der Waals surface area (Å²) in [6, 6.07) is 6.28. The van der Waals surface area contributed by atoms with E-state index in [9.17, 15) is 9.59 Å². The summed E-state index contributed by atoms with van der Waals surface area (Å²) < 4.78 is 7.26. The van der Waals surface area contributed by atoms with Gasteiger partial charge in [0.15, 0.2) is 4.77 Å². The van der Waals surface area contributed by atoms with Crippen LogP contribution in [0.5, 0.6) is 5.75 Å². The Balaban J connectivity index is 1.26. The van der Waals surface area contributed by atoms with Gasteiger partial charge in [-0.05, 0) is 76.0 Å².